The fraction of sp³-hybridized carbons (Fsp3) is 0.577. The van der Waals surface area contributed by atoms with Crippen molar-refractivity contribution in [3.8, 4) is 0 Å². The van der Waals surface area contributed by atoms with Gasteiger partial charge in [0, 0.05) is 48.9 Å². The molecule has 6 heterocycles. The molecular weight excluding hydrogens is 476 g/mol. The third-order valence-corrected chi connectivity index (χ3v) is 8.88. The molecule has 9 nitrogen and oxygen atoms in total. The van der Waals surface area contributed by atoms with Crippen molar-refractivity contribution < 1.29 is 14.3 Å². The van der Waals surface area contributed by atoms with Gasteiger partial charge in [-0.05, 0) is 26.2 Å². The number of hydrogen-bond acceptors (Lipinski definition) is 8. The number of amides is 2. The van der Waals surface area contributed by atoms with Crippen LogP contribution in [0.2, 0.25) is 0 Å². The Balaban J connectivity index is 1.12. The van der Waals surface area contributed by atoms with E-state index in [1.807, 2.05) is 36.2 Å². The average molecular weight is 509 g/mol. The first-order valence-corrected chi connectivity index (χ1v) is 13.7. The van der Waals surface area contributed by atoms with Crippen LogP contribution in [0.4, 0.5) is 10.9 Å². The normalized spacial score (nSPS) is 29.3. The lowest BCUT2D eigenvalue weighted by atomic mass is 9.76. The first kappa shape index (κ1) is 23.5. The SMILES string of the molecule is CCCc1cnc(Nc2cc(C)nc(C3CCN(C(=O)[C@@H]4[C@H]5C=C[C@@]6(CN(C)C(=O)[C@@H]46)O5)CC3)n2)s1. The van der Waals surface area contributed by atoms with E-state index in [-0.39, 0.29) is 23.8 Å². The first-order chi connectivity index (χ1) is 17.4. The quantitative estimate of drug-likeness (QED) is 0.599. The largest absolute Gasteiger partial charge is 0.360 e. The molecule has 2 bridgehead atoms. The summed E-state index contributed by atoms with van der Waals surface area (Å²) in [6, 6.07) is 1.94. The van der Waals surface area contributed by atoms with Gasteiger partial charge in [-0.15, -0.1) is 11.3 Å². The van der Waals surface area contributed by atoms with Crippen molar-refractivity contribution in [1.29, 1.82) is 0 Å². The number of aromatic nitrogens is 3. The minimum absolute atomic E-state index is 0.0188. The number of ether oxygens (including phenoxy) is 1. The molecular formula is C26H32N6O3S. The molecule has 4 aliphatic rings. The van der Waals surface area contributed by atoms with E-state index in [1.54, 1.807) is 23.3 Å². The van der Waals surface area contributed by atoms with Gasteiger partial charge < -0.3 is 19.9 Å². The van der Waals surface area contributed by atoms with Crippen LogP contribution in [0.3, 0.4) is 0 Å². The number of aryl methyl sites for hydroxylation is 2. The van der Waals surface area contributed by atoms with E-state index in [4.69, 9.17) is 14.7 Å². The molecule has 4 aliphatic heterocycles. The Morgan fingerprint density at radius 3 is 2.89 bits per heavy atom. The van der Waals surface area contributed by atoms with E-state index >= 15 is 0 Å². The topological polar surface area (TPSA) is 101 Å². The van der Waals surface area contributed by atoms with Crippen molar-refractivity contribution in [2.24, 2.45) is 11.8 Å². The molecule has 6 rings (SSSR count). The maximum Gasteiger partial charge on any atom is 0.229 e. The van der Waals surface area contributed by atoms with Crippen LogP contribution in [0.15, 0.2) is 24.4 Å². The molecule has 0 radical (unpaired) electrons. The highest BCUT2D eigenvalue weighted by Crippen LogP contribution is 2.52. The summed E-state index contributed by atoms with van der Waals surface area (Å²) in [6.07, 6.45) is 9.32. The summed E-state index contributed by atoms with van der Waals surface area (Å²) < 4.78 is 6.18. The maximum absolute atomic E-state index is 13.6. The molecule has 0 aliphatic carbocycles. The monoisotopic (exact) mass is 508 g/mol. The lowest BCUT2D eigenvalue weighted by Gasteiger charge is -2.35. The predicted molar refractivity (Wildman–Crippen MR) is 136 cm³/mol. The van der Waals surface area contributed by atoms with E-state index < -0.39 is 17.4 Å². The Kier molecular flexibility index (Phi) is 5.83. The van der Waals surface area contributed by atoms with Gasteiger partial charge in [0.25, 0.3) is 0 Å². The second kappa shape index (κ2) is 8.92. The van der Waals surface area contributed by atoms with Crippen molar-refractivity contribution in [2.75, 3.05) is 32.0 Å². The molecule has 0 unspecified atom stereocenters. The summed E-state index contributed by atoms with van der Waals surface area (Å²) in [6.45, 7) is 5.93. The number of nitrogens with one attached hydrogen (secondary N) is 1. The second-order valence-corrected chi connectivity index (χ2v) is 11.6. The van der Waals surface area contributed by atoms with Crippen LogP contribution in [0.1, 0.15) is 48.5 Å². The van der Waals surface area contributed by atoms with Crippen LogP contribution in [0.5, 0.6) is 0 Å². The summed E-state index contributed by atoms with van der Waals surface area (Å²) in [4.78, 5) is 45.3. The highest BCUT2D eigenvalue weighted by molar-refractivity contribution is 7.15. The Labute approximate surface area is 215 Å². The lowest BCUT2D eigenvalue weighted by molar-refractivity contribution is -0.143. The van der Waals surface area contributed by atoms with Gasteiger partial charge in [-0.1, -0.05) is 25.5 Å². The summed E-state index contributed by atoms with van der Waals surface area (Å²) in [5.74, 6) is 0.985. The third kappa shape index (κ3) is 3.91. The van der Waals surface area contributed by atoms with E-state index in [0.717, 1.165) is 48.2 Å². The number of hydrogen-bond donors (Lipinski definition) is 1. The van der Waals surface area contributed by atoms with Crippen LogP contribution in [-0.4, -0.2) is 75.0 Å². The Morgan fingerprint density at radius 2 is 2.11 bits per heavy atom. The predicted octanol–water partition coefficient (Wildman–Crippen LogP) is 3.06. The fourth-order valence-electron chi connectivity index (χ4n) is 6.22. The average Bonchev–Trinajstić information content (AvgIpc) is 3.61. The molecule has 0 aromatic carbocycles. The Bertz CT molecular complexity index is 1220. The summed E-state index contributed by atoms with van der Waals surface area (Å²) in [7, 11) is 1.79. The first-order valence-electron chi connectivity index (χ1n) is 12.8. The van der Waals surface area contributed by atoms with Crippen molar-refractivity contribution in [3.05, 3.63) is 40.8 Å². The number of piperidine rings is 1. The zero-order valence-electron chi connectivity index (χ0n) is 20.9. The molecule has 2 aromatic heterocycles. The minimum atomic E-state index is -0.622. The van der Waals surface area contributed by atoms with Gasteiger partial charge in [-0.3, -0.25) is 9.59 Å². The Hall–Kier alpha value is -2.85. The molecule has 3 saturated heterocycles. The molecule has 10 heteroatoms. The van der Waals surface area contributed by atoms with E-state index in [0.29, 0.717) is 19.6 Å². The lowest BCUT2D eigenvalue weighted by Crippen LogP contribution is -2.48. The molecule has 36 heavy (non-hydrogen) atoms. The molecule has 1 spiro atoms. The smallest absolute Gasteiger partial charge is 0.229 e. The van der Waals surface area contributed by atoms with E-state index in [9.17, 15) is 9.59 Å². The second-order valence-electron chi connectivity index (χ2n) is 10.5. The number of fused-ring (bicyclic) bond motifs is 1. The molecule has 2 amide bonds. The van der Waals surface area contributed by atoms with Gasteiger partial charge in [0.05, 0.1) is 24.5 Å². The molecule has 2 aromatic rings. The van der Waals surface area contributed by atoms with Crippen molar-refractivity contribution in [1.82, 2.24) is 24.8 Å². The van der Waals surface area contributed by atoms with Crippen LogP contribution in [-0.2, 0) is 20.7 Å². The number of likely N-dealkylation sites (N-methyl/N-ethyl adjacent to an activating group) is 1. The maximum atomic E-state index is 13.6. The molecule has 0 saturated carbocycles. The molecule has 3 fully saturated rings. The fourth-order valence-corrected chi connectivity index (χ4v) is 7.14. The Morgan fingerprint density at radius 1 is 1.31 bits per heavy atom. The summed E-state index contributed by atoms with van der Waals surface area (Å²) in [5, 5.41) is 4.19. The van der Waals surface area contributed by atoms with Crippen LogP contribution in [0, 0.1) is 18.8 Å². The van der Waals surface area contributed by atoms with Crippen molar-refractivity contribution in [3.63, 3.8) is 0 Å². The molecule has 1 N–H and O–H groups in total. The summed E-state index contributed by atoms with van der Waals surface area (Å²) >= 11 is 1.66. The number of anilines is 2. The van der Waals surface area contributed by atoms with Crippen LogP contribution in [0.25, 0.3) is 0 Å². The van der Waals surface area contributed by atoms with Crippen molar-refractivity contribution >= 4 is 34.1 Å². The third-order valence-electron chi connectivity index (χ3n) is 7.90. The van der Waals surface area contributed by atoms with Crippen LogP contribution < -0.4 is 5.32 Å². The van der Waals surface area contributed by atoms with Gasteiger partial charge >= 0.3 is 0 Å². The van der Waals surface area contributed by atoms with Gasteiger partial charge in [0.15, 0.2) is 5.13 Å². The number of carbonyl (C=O) groups is 2. The number of nitrogens with zero attached hydrogens (tertiary/aromatic N) is 5. The standard InChI is InChI=1S/C26H32N6O3S/c1-4-5-17-13-27-25(36-17)30-19-12-15(2)28-22(29-19)16-7-10-32(11-8-16)23(33)20-18-6-9-26(35-18)14-31(3)24(34)21(20)26/h6,9,12-13,16,18,20-21H,4-5,7-8,10-11,14H2,1-3H3,(H,27,28,29,30)/t18-,20-,21-,26+/m1/s1. The van der Waals surface area contributed by atoms with E-state index in [2.05, 4.69) is 17.2 Å². The van der Waals surface area contributed by atoms with Gasteiger partial charge in [-0.25, -0.2) is 15.0 Å². The van der Waals surface area contributed by atoms with Crippen molar-refractivity contribution in [2.45, 2.75) is 57.2 Å². The van der Waals surface area contributed by atoms with Crippen LogP contribution >= 0.6 is 11.3 Å². The van der Waals surface area contributed by atoms with E-state index in [1.165, 1.54) is 4.88 Å². The highest BCUT2D eigenvalue weighted by atomic mass is 32.1. The highest BCUT2D eigenvalue weighted by Gasteiger charge is 2.66. The number of likely N-dealkylation sites (tertiary alicyclic amines) is 2. The number of carbonyl (C=O) groups excluding carboxylic acids is 2. The zero-order chi connectivity index (χ0) is 25.0. The molecule has 4 atom stereocenters. The zero-order valence-corrected chi connectivity index (χ0v) is 21.8. The van der Waals surface area contributed by atoms with Gasteiger partial charge in [0.1, 0.15) is 17.2 Å². The van der Waals surface area contributed by atoms with Gasteiger partial charge in [-0.2, -0.15) is 0 Å². The summed E-state index contributed by atoms with van der Waals surface area (Å²) in [5.41, 5.74) is 0.286. The number of rotatable bonds is 6. The minimum Gasteiger partial charge on any atom is -0.360 e. The van der Waals surface area contributed by atoms with Gasteiger partial charge in [0.2, 0.25) is 11.8 Å². The number of thiazole rings is 1. The molecule has 190 valence electrons.